The first kappa shape index (κ1) is 19.6. The molecule has 23 heavy (non-hydrogen) atoms. The second-order valence-electron chi connectivity index (χ2n) is 6.21. The van der Waals surface area contributed by atoms with Crippen LogP contribution in [0.1, 0.15) is 33.6 Å². The minimum Gasteiger partial charge on any atom is -0.459 e. The van der Waals surface area contributed by atoms with Crippen LogP contribution in [0.5, 0.6) is 0 Å². The molecule has 0 saturated carbocycles. The van der Waals surface area contributed by atoms with Gasteiger partial charge in [0.1, 0.15) is 6.10 Å². The van der Waals surface area contributed by atoms with E-state index in [2.05, 4.69) is 0 Å². The van der Waals surface area contributed by atoms with Crippen molar-refractivity contribution in [3.63, 3.8) is 0 Å². The van der Waals surface area contributed by atoms with Gasteiger partial charge in [0, 0.05) is 13.2 Å². The Morgan fingerprint density at radius 1 is 1.39 bits per heavy atom. The molecule has 0 aromatic carbocycles. The molecule has 0 fully saturated rings. The zero-order valence-corrected chi connectivity index (χ0v) is 14.4. The lowest BCUT2D eigenvalue weighted by Gasteiger charge is -2.21. The number of allylic oxidation sites excluding steroid dienone is 1. The monoisotopic (exact) mass is 324 g/mol. The highest BCUT2D eigenvalue weighted by atomic mass is 16.5. The number of rotatable bonds is 2. The van der Waals surface area contributed by atoms with E-state index in [0.29, 0.717) is 0 Å². The Balaban J connectivity index is 3.10. The maximum atomic E-state index is 11.8. The summed E-state index contributed by atoms with van der Waals surface area (Å²) in [6, 6.07) is 0. The first-order chi connectivity index (χ1) is 10.8. The van der Waals surface area contributed by atoms with Gasteiger partial charge in [-0.2, -0.15) is 0 Å². The van der Waals surface area contributed by atoms with Crippen LogP contribution >= 0.6 is 0 Å². The Hall–Kier alpha value is -1.43. The van der Waals surface area contributed by atoms with E-state index in [0.717, 1.165) is 18.4 Å². The average molecular weight is 324 g/mol. The van der Waals surface area contributed by atoms with Gasteiger partial charge in [-0.3, -0.25) is 0 Å². The van der Waals surface area contributed by atoms with E-state index in [-0.39, 0.29) is 18.6 Å². The summed E-state index contributed by atoms with van der Waals surface area (Å²) < 4.78 is 10.7. The van der Waals surface area contributed by atoms with Crippen LogP contribution in [0.25, 0.3) is 0 Å². The summed E-state index contributed by atoms with van der Waals surface area (Å²) in [5, 5.41) is 19.8. The standard InChI is InChI=1S/C18H28O5/c1-13-6-5-7-15(12-19)16(22-4)8-10-18(3,21)11-9-17(20)23-14(13)2/h7-11,13-14,16,19,21H,5-6,12H2,1-4H3/b10-8+,11-9?,15-7+/t13-,14+,16-,18+/m0/s1. The molecule has 0 unspecified atom stereocenters. The van der Waals surface area contributed by atoms with Gasteiger partial charge in [-0.15, -0.1) is 0 Å². The summed E-state index contributed by atoms with van der Waals surface area (Å²) in [6.45, 7) is 5.32. The molecule has 1 rings (SSSR count). The molecule has 130 valence electrons. The summed E-state index contributed by atoms with van der Waals surface area (Å²) in [6.07, 6.45) is 8.72. The van der Waals surface area contributed by atoms with E-state index in [1.165, 1.54) is 18.2 Å². The predicted octanol–water partition coefficient (Wildman–Crippen LogP) is 2.15. The zero-order chi connectivity index (χ0) is 17.5. The highest BCUT2D eigenvalue weighted by Crippen LogP contribution is 2.19. The molecule has 0 aromatic heterocycles. The van der Waals surface area contributed by atoms with Gasteiger partial charge in [0.25, 0.3) is 0 Å². The number of carbonyl (C=O) groups excluding carboxylic acids is 1. The molecule has 0 spiro atoms. The number of hydrogen-bond donors (Lipinski definition) is 2. The van der Waals surface area contributed by atoms with Crippen molar-refractivity contribution < 1.29 is 24.5 Å². The highest BCUT2D eigenvalue weighted by Gasteiger charge is 2.19. The predicted molar refractivity (Wildman–Crippen MR) is 88.8 cm³/mol. The average Bonchev–Trinajstić information content (AvgIpc) is 2.50. The van der Waals surface area contributed by atoms with Gasteiger partial charge in [-0.05, 0) is 44.3 Å². The first-order valence-corrected chi connectivity index (χ1v) is 7.93. The van der Waals surface area contributed by atoms with Crippen LogP contribution in [0.2, 0.25) is 0 Å². The molecule has 0 aliphatic carbocycles. The number of ether oxygens (including phenoxy) is 2. The van der Waals surface area contributed by atoms with Crippen LogP contribution in [0, 0.1) is 5.92 Å². The Bertz CT molecular complexity index is 476. The second kappa shape index (κ2) is 9.01. The van der Waals surface area contributed by atoms with Gasteiger partial charge in [0.2, 0.25) is 0 Å². The van der Waals surface area contributed by atoms with E-state index in [1.807, 2.05) is 19.9 Å². The Kier molecular flexibility index (Phi) is 7.68. The summed E-state index contributed by atoms with van der Waals surface area (Å²) in [5.41, 5.74) is -0.563. The fraction of sp³-hybridized carbons (Fsp3) is 0.611. The van der Waals surface area contributed by atoms with Crippen molar-refractivity contribution in [3.8, 4) is 0 Å². The normalized spacial score (nSPS) is 37.4. The molecule has 5 nitrogen and oxygen atoms in total. The van der Waals surface area contributed by atoms with Crippen molar-refractivity contribution in [2.75, 3.05) is 13.7 Å². The van der Waals surface area contributed by atoms with E-state index in [4.69, 9.17) is 9.47 Å². The van der Waals surface area contributed by atoms with Gasteiger partial charge >= 0.3 is 5.97 Å². The van der Waals surface area contributed by atoms with Crippen LogP contribution in [0.3, 0.4) is 0 Å². The lowest BCUT2D eigenvalue weighted by molar-refractivity contribution is -0.144. The molecule has 0 radical (unpaired) electrons. The van der Waals surface area contributed by atoms with Crippen molar-refractivity contribution in [3.05, 3.63) is 36.0 Å². The number of methoxy groups -OCH3 is 1. The zero-order valence-electron chi connectivity index (χ0n) is 14.4. The summed E-state index contributed by atoms with van der Waals surface area (Å²) in [4.78, 5) is 11.8. The third kappa shape index (κ3) is 6.69. The number of aliphatic hydroxyl groups is 2. The van der Waals surface area contributed by atoms with Gasteiger partial charge in [-0.1, -0.05) is 25.2 Å². The van der Waals surface area contributed by atoms with Gasteiger partial charge in [-0.25, -0.2) is 4.79 Å². The molecule has 0 amide bonds. The lowest BCUT2D eigenvalue weighted by atomic mass is 9.97. The Morgan fingerprint density at radius 2 is 2.09 bits per heavy atom. The van der Waals surface area contributed by atoms with E-state index in [9.17, 15) is 15.0 Å². The number of aliphatic hydroxyl groups excluding tert-OH is 1. The minimum absolute atomic E-state index is 0.111. The Labute approximate surface area is 138 Å². The third-order valence-electron chi connectivity index (χ3n) is 4.10. The quantitative estimate of drug-likeness (QED) is 0.601. The van der Waals surface area contributed by atoms with Gasteiger partial charge < -0.3 is 19.7 Å². The molecule has 0 bridgehead atoms. The van der Waals surface area contributed by atoms with Crippen LogP contribution in [-0.2, 0) is 14.3 Å². The smallest absolute Gasteiger partial charge is 0.330 e. The largest absolute Gasteiger partial charge is 0.459 e. The van der Waals surface area contributed by atoms with Crippen molar-refractivity contribution in [2.45, 2.75) is 51.4 Å². The molecule has 1 heterocycles. The number of esters is 1. The van der Waals surface area contributed by atoms with E-state index in [1.54, 1.807) is 20.1 Å². The van der Waals surface area contributed by atoms with Gasteiger partial charge in [0.15, 0.2) is 0 Å². The Morgan fingerprint density at radius 3 is 2.70 bits per heavy atom. The van der Waals surface area contributed by atoms with Crippen LogP contribution in [0.15, 0.2) is 36.0 Å². The summed E-state index contributed by atoms with van der Waals surface area (Å²) in [7, 11) is 1.55. The maximum absolute atomic E-state index is 11.8. The molecule has 0 saturated heterocycles. The van der Waals surface area contributed by atoms with Crippen molar-refractivity contribution in [1.29, 1.82) is 0 Å². The number of hydrogen-bond acceptors (Lipinski definition) is 5. The van der Waals surface area contributed by atoms with E-state index >= 15 is 0 Å². The van der Waals surface area contributed by atoms with Crippen molar-refractivity contribution >= 4 is 5.97 Å². The van der Waals surface area contributed by atoms with E-state index < -0.39 is 17.7 Å². The lowest BCUT2D eigenvalue weighted by Crippen LogP contribution is -2.24. The third-order valence-corrected chi connectivity index (χ3v) is 4.10. The molecule has 2 N–H and O–H groups in total. The summed E-state index contributed by atoms with van der Waals surface area (Å²) in [5.74, 6) is -0.284. The van der Waals surface area contributed by atoms with Crippen LogP contribution in [-0.4, -0.2) is 47.7 Å². The topological polar surface area (TPSA) is 76.0 Å². The second-order valence-corrected chi connectivity index (χ2v) is 6.21. The number of carbonyl (C=O) groups is 1. The van der Waals surface area contributed by atoms with Crippen molar-refractivity contribution in [1.82, 2.24) is 0 Å². The SMILES string of the molecule is CO[C@H]1/C=C/[C@@](C)(O)C=CC(=O)O[C@H](C)[C@@H](C)CC/C=C/1CO. The molecular formula is C18H28O5. The minimum atomic E-state index is -1.31. The maximum Gasteiger partial charge on any atom is 0.330 e. The highest BCUT2D eigenvalue weighted by molar-refractivity contribution is 5.82. The first-order valence-electron chi connectivity index (χ1n) is 7.93. The van der Waals surface area contributed by atoms with Gasteiger partial charge in [0.05, 0.1) is 18.3 Å². The molecule has 1 aliphatic heterocycles. The van der Waals surface area contributed by atoms with Crippen molar-refractivity contribution in [2.24, 2.45) is 5.92 Å². The molecular weight excluding hydrogens is 296 g/mol. The summed E-state index contributed by atoms with van der Waals surface area (Å²) >= 11 is 0. The number of cyclic esters (lactones) is 1. The fourth-order valence-electron chi connectivity index (χ4n) is 2.30. The van der Waals surface area contributed by atoms with Crippen LogP contribution < -0.4 is 0 Å². The fourth-order valence-corrected chi connectivity index (χ4v) is 2.30. The molecule has 5 heteroatoms. The molecule has 0 aromatic rings. The van der Waals surface area contributed by atoms with Crippen LogP contribution in [0.4, 0.5) is 0 Å². The molecule has 1 aliphatic rings. The molecule has 4 atom stereocenters.